The molecule has 1 saturated heterocycles. The smallest absolute Gasteiger partial charge is 0.250 e. The zero-order valence-corrected chi connectivity index (χ0v) is 8.42. The largest absolute Gasteiger partial charge is 0.293 e. The summed E-state index contributed by atoms with van der Waals surface area (Å²) < 4.78 is 0. The molecule has 1 rings (SSSR count). The van der Waals surface area contributed by atoms with E-state index in [1.54, 1.807) is 0 Å². The Morgan fingerprint density at radius 1 is 1.69 bits per heavy atom. The van der Waals surface area contributed by atoms with Crippen molar-refractivity contribution in [1.82, 2.24) is 10.3 Å². The Hall–Kier alpha value is -0.610. The molecule has 0 aromatic rings. The van der Waals surface area contributed by atoms with Gasteiger partial charge in [-0.25, -0.2) is 5.84 Å². The average Bonchev–Trinajstić information content (AvgIpc) is 2.15. The van der Waals surface area contributed by atoms with E-state index >= 15 is 0 Å². The summed E-state index contributed by atoms with van der Waals surface area (Å²) in [6, 6.07) is -0.0900. The lowest BCUT2D eigenvalue weighted by Gasteiger charge is -2.34. The zero-order valence-electron chi connectivity index (χ0n) is 8.42. The number of likely N-dealkylation sites (tertiary alicyclic amines) is 1. The lowest BCUT2D eigenvalue weighted by molar-refractivity contribution is -0.126. The van der Waals surface area contributed by atoms with Crippen molar-refractivity contribution in [3.8, 4) is 0 Å². The standard InChI is InChI=1S/C9H19N3O/c1-7-4-3-5-12(6-7)8(2)9(13)11-10/h7-8H,3-6,10H2,1-2H3,(H,11,13)/t7-,8+/m0/s1. The normalized spacial score (nSPS) is 26.8. The maximum absolute atomic E-state index is 11.2. The number of rotatable bonds is 2. The monoisotopic (exact) mass is 185 g/mol. The summed E-state index contributed by atoms with van der Waals surface area (Å²) in [5.74, 6) is 5.70. The maximum atomic E-state index is 11.2. The minimum Gasteiger partial charge on any atom is -0.293 e. The Morgan fingerprint density at radius 2 is 2.38 bits per heavy atom. The number of hydrogen-bond donors (Lipinski definition) is 2. The molecule has 1 amide bonds. The molecule has 0 spiro atoms. The summed E-state index contributed by atoms with van der Waals surface area (Å²) in [7, 11) is 0. The number of hydrogen-bond acceptors (Lipinski definition) is 3. The number of carbonyl (C=O) groups excluding carboxylic acids is 1. The first-order chi connectivity index (χ1) is 6.15. The van der Waals surface area contributed by atoms with Gasteiger partial charge >= 0.3 is 0 Å². The van der Waals surface area contributed by atoms with Gasteiger partial charge in [0.05, 0.1) is 6.04 Å². The first-order valence-electron chi connectivity index (χ1n) is 4.89. The van der Waals surface area contributed by atoms with Crippen LogP contribution in [0.2, 0.25) is 0 Å². The molecule has 0 aliphatic carbocycles. The highest BCUT2D eigenvalue weighted by atomic mass is 16.2. The van der Waals surface area contributed by atoms with Gasteiger partial charge in [0.1, 0.15) is 0 Å². The van der Waals surface area contributed by atoms with Crippen LogP contribution in [-0.4, -0.2) is 29.9 Å². The minimum atomic E-state index is -0.0900. The quantitative estimate of drug-likeness (QED) is 0.364. The van der Waals surface area contributed by atoms with E-state index in [9.17, 15) is 4.79 Å². The van der Waals surface area contributed by atoms with Gasteiger partial charge < -0.3 is 0 Å². The highest BCUT2D eigenvalue weighted by Crippen LogP contribution is 2.17. The Balaban J connectivity index is 2.45. The first-order valence-corrected chi connectivity index (χ1v) is 4.89. The molecule has 0 saturated carbocycles. The molecule has 1 fully saturated rings. The minimum absolute atomic E-state index is 0.0888. The van der Waals surface area contributed by atoms with E-state index in [0.29, 0.717) is 5.92 Å². The molecule has 1 aliphatic heterocycles. The van der Waals surface area contributed by atoms with Crippen LogP contribution in [0.25, 0.3) is 0 Å². The molecule has 3 N–H and O–H groups in total. The molecule has 13 heavy (non-hydrogen) atoms. The summed E-state index contributed by atoms with van der Waals surface area (Å²) in [5, 5.41) is 0. The Bertz CT molecular complexity index is 184. The molecule has 1 heterocycles. The third-order valence-corrected chi connectivity index (χ3v) is 2.76. The topological polar surface area (TPSA) is 58.4 Å². The van der Waals surface area contributed by atoms with Gasteiger partial charge in [-0.15, -0.1) is 0 Å². The van der Waals surface area contributed by atoms with Crippen molar-refractivity contribution in [1.29, 1.82) is 0 Å². The third kappa shape index (κ3) is 2.67. The highest BCUT2D eigenvalue weighted by molar-refractivity contribution is 5.80. The van der Waals surface area contributed by atoms with Gasteiger partial charge in [-0.3, -0.25) is 15.1 Å². The van der Waals surface area contributed by atoms with Crippen molar-refractivity contribution in [2.24, 2.45) is 11.8 Å². The van der Waals surface area contributed by atoms with E-state index in [4.69, 9.17) is 5.84 Å². The molecule has 4 heteroatoms. The van der Waals surface area contributed by atoms with Crippen molar-refractivity contribution in [2.45, 2.75) is 32.7 Å². The molecule has 2 atom stereocenters. The Morgan fingerprint density at radius 3 is 2.92 bits per heavy atom. The first kappa shape index (κ1) is 10.5. The van der Waals surface area contributed by atoms with Gasteiger partial charge in [-0.2, -0.15) is 0 Å². The van der Waals surface area contributed by atoms with Crippen LogP contribution in [0.5, 0.6) is 0 Å². The number of nitrogens with one attached hydrogen (secondary N) is 1. The fourth-order valence-electron chi connectivity index (χ4n) is 1.86. The average molecular weight is 185 g/mol. The van der Waals surface area contributed by atoms with Gasteiger partial charge in [0.15, 0.2) is 0 Å². The zero-order chi connectivity index (χ0) is 9.84. The fraction of sp³-hybridized carbons (Fsp3) is 0.889. The van der Waals surface area contributed by atoms with Crippen LogP contribution in [0, 0.1) is 5.92 Å². The predicted molar refractivity (Wildman–Crippen MR) is 51.8 cm³/mol. The van der Waals surface area contributed by atoms with E-state index in [1.807, 2.05) is 6.92 Å². The van der Waals surface area contributed by atoms with Crippen LogP contribution in [0.3, 0.4) is 0 Å². The Labute approximate surface area is 79.4 Å². The number of hydrazine groups is 1. The van der Waals surface area contributed by atoms with Crippen molar-refractivity contribution < 1.29 is 4.79 Å². The van der Waals surface area contributed by atoms with E-state index in [-0.39, 0.29) is 11.9 Å². The highest BCUT2D eigenvalue weighted by Gasteiger charge is 2.24. The molecule has 0 unspecified atom stereocenters. The molecule has 0 radical (unpaired) electrons. The van der Waals surface area contributed by atoms with Gasteiger partial charge in [-0.05, 0) is 32.2 Å². The van der Waals surface area contributed by atoms with Crippen LogP contribution >= 0.6 is 0 Å². The predicted octanol–water partition coefficient (Wildman–Crippen LogP) is 0.0967. The number of amides is 1. The molecule has 0 bridgehead atoms. The van der Waals surface area contributed by atoms with Crippen LogP contribution in [-0.2, 0) is 4.79 Å². The van der Waals surface area contributed by atoms with E-state index in [1.165, 1.54) is 12.8 Å². The maximum Gasteiger partial charge on any atom is 0.250 e. The van der Waals surface area contributed by atoms with Crippen molar-refractivity contribution in [2.75, 3.05) is 13.1 Å². The number of nitrogens with two attached hydrogens (primary N) is 1. The number of piperidine rings is 1. The lowest BCUT2D eigenvalue weighted by atomic mass is 9.99. The summed E-state index contributed by atoms with van der Waals surface area (Å²) in [6.07, 6.45) is 2.46. The molecule has 76 valence electrons. The SMILES string of the molecule is C[C@H]1CCCN([C@H](C)C(=O)NN)C1. The van der Waals surface area contributed by atoms with Crippen molar-refractivity contribution >= 4 is 5.91 Å². The fourth-order valence-corrected chi connectivity index (χ4v) is 1.86. The van der Waals surface area contributed by atoms with Gasteiger partial charge in [-0.1, -0.05) is 6.92 Å². The summed E-state index contributed by atoms with van der Waals surface area (Å²) in [5.41, 5.74) is 2.20. The summed E-state index contributed by atoms with van der Waals surface area (Å²) in [4.78, 5) is 13.4. The molecule has 0 aromatic heterocycles. The summed E-state index contributed by atoms with van der Waals surface area (Å²) >= 11 is 0. The second-order valence-corrected chi connectivity index (χ2v) is 3.93. The molecule has 1 aliphatic rings. The van der Waals surface area contributed by atoms with Crippen molar-refractivity contribution in [3.05, 3.63) is 0 Å². The van der Waals surface area contributed by atoms with E-state index in [0.717, 1.165) is 13.1 Å². The number of nitrogens with zero attached hydrogens (tertiary/aromatic N) is 1. The third-order valence-electron chi connectivity index (χ3n) is 2.76. The van der Waals surface area contributed by atoms with Crippen LogP contribution < -0.4 is 11.3 Å². The van der Waals surface area contributed by atoms with Gasteiger partial charge in [0, 0.05) is 6.54 Å². The second-order valence-electron chi connectivity index (χ2n) is 3.93. The van der Waals surface area contributed by atoms with E-state index < -0.39 is 0 Å². The lowest BCUT2D eigenvalue weighted by Crippen LogP contribution is -2.50. The van der Waals surface area contributed by atoms with Crippen molar-refractivity contribution in [3.63, 3.8) is 0 Å². The molecule has 0 aromatic carbocycles. The molecular weight excluding hydrogens is 166 g/mol. The second kappa shape index (κ2) is 4.58. The number of carbonyl (C=O) groups is 1. The van der Waals surface area contributed by atoms with E-state index in [2.05, 4.69) is 17.2 Å². The molecular formula is C9H19N3O. The van der Waals surface area contributed by atoms with Crippen LogP contribution in [0.1, 0.15) is 26.7 Å². The summed E-state index contributed by atoms with van der Waals surface area (Å²) in [6.45, 7) is 6.15. The van der Waals surface area contributed by atoms with Gasteiger partial charge in [0.25, 0.3) is 5.91 Å². The van der Waals surface area contributed by atoms with Gasteiger partial charge in [0.2, 0.25) is 0 Å². The Kier molecular flexibility index (Phi) is 3.69. The van der Waals surface area contributed by atoms with Crippen LogP contribution in [0.15, 0.2) is 0 Å². The molecule has 4 nitrogen and oxygen atoms in total. The van der Waals surface area contributed by atoms with Crippen LogP contribution in [0.4, 0.5) is 0 Å².